The first-order valence-electron chi connectivity index (χ1n) is 6.18. The second-order valence-electron chi connectivity index (χ2n) is 4.56. The van der Waals surface area contributed by atoms with Crippen LogP contribution in [-0.4, -0.2) is 17.5 Å². The van der Waals surface area contributed by atoms with Gasteiger partial charge in [0.15, 0.2) is 0 Å². The number of anilines is 2. The van der Waals surface area contributed by atoms with Crippen LogP contribution in [0.3, 0.4) is 0 Å². The molecule has 1 aromatic rings. The number of nitro groups is 1. The molecule has 1 aromatic carbocycles. The largest absolute Gasteiger partial charge is 0.368 e. The summed E-state index contributed by atoms with van der Waals surface area (Å²) < 4.78 is 0. The Balaban J connectivity index is 2.34. The van der Waals surface area contributed by atoms with Crippen LogP contribution < -0.4 is 16.2 Å². The summed E-state index contributed by atoms with van der Waals surface area (Å²) in [5, 5.41) is 10.9. The zero-order valence-electron chi connectivity index (χ0n) is 10.4. The van der Waals surface area contributed by atoms with E-state index in [-0.39, 0.29) is 10.6 Å². The Kier molecular flexibility index (Phi) is 3.66. The van der Waals surface area contributed by atoms with Crippen molar-refractivity contribution in [2.75, 3.05) is 16.9 Å². The molecular weight excluding hydrogens is 232 g/mol. The SMILES string of the molecule is CCCN(c1cc(NN)cc([N+](=O)[O-])c1)C1CC1. The first-order valence-corrected chi connectivity index (χ1v) is 6.18. The van der Waals surface area contributed by atoms with Gasteiger partial charge in [-0.05, 0) is 25.3 Å². The van der Waals surface area contributed by atoms with E-state index in [9.17, 15) is 10.1 Å². The Hall–Kier alpha value is -1.82. The highest BCUT2D eigenvalue weighted by atomic mass is 16.6. The van der Waals surface area contributed by atoms with E-state index >= 15 is 0 Å². The van der Waals surface area contributed by atoms with Crippen LogP contribution in [0.25, 0.3) is 0 Å². The lowest BCUT2D eigenvalue weighted by atomic mass is 10.2. The predicted molar refractivity (Wildman–Crippen MR) is 71.6 cm³/mol. The number of hydrogen-bond donors (Lipinski definition) is 2. The average molecular weight is 250 g/mol. The van der Waals surface area contributed by atoms with E-state index < -0.39 is 0 Å². The fourth-order valence-corrected chi connectivity index (χ4v) is 2.10. The quantitative estimate of drug-likeness (QED) is 0.459. The van der Waals surface area contributed by atoms with Gasteiger partial charge in [-0.25, -0.2) is 0 Å². The van der Waals surface area contributed by atoms with Crippen LogP contribution in [0.2, 0.25) is 0 Å². The van der Waals surface area contributed by atoms with E-state index in [0.29, 0.717) is 11.7 Å². The van der Waals surface area contributed by atoms with Crippen molar-refractivity contribution in [3.8, 4) is 0 Å². The maximum Gasteiger partial charge on any atom is 0.273 e. The van der Waals surface area contributed by atoms with Crippen molar-refractivity contribution in [1.82, 2.24) is 0 Å². The van der Waals surface area contributed by atoms with Gasteiger partial charge in [-0.15, -0.1) is 0 Å². The maximum absolute atomic E-state index is 10.9. The van der Waals surface area contributed by atoms with E-state index in [1.165, 1.54) is 6.07 Å². The van der Waals surface area contributed by atoms with Gasteiger partial charge in [0.2, 0.25) is 0 Å². The number of non-ortho nitro benzene ring substituents is 1. The van der Waals surface area contributed by atoms with E-state index in [4.69, 9.17) is 5.84 Å². The Labute approximate surface area is 106 Å². The molecule has 6 heteroatoms. The second-order valence-corrected chi connectivity index (χ2v) is 4.56. The molecule has 0 spiro atoms. The lowest BCUT2D eigenvalue weighted by molar-refractivity contribution is -0.384. The first-order chi connectivity index (χ1) is 8.65. The molecule has 3 N–H and O–H groups in total. The van der Waals surface area contributed by atoms with Gasteiger partial charge in [-0.1, -0.05) is 6.92 Å². The third kappa shape index (κ3) is 2.70. The van der Waals surface area contributed by atoms with Gasteiger partial charge < -0.3 is 10.3 Å². The molecule has 18 heavy (non-hydrogen) atoms. The molecule has 0 unspecified atom stereocenters. The lowest BCUT2D eigenvalue weighted by Gasteiger charge is -2.24. The summed E-state index contributed by atoms with van der Waals surface area (Å²) in [5.74, 6) is 5.36. The molecular formula is C12H18N4O2. The number of nitro benzene ring substituents is 1. The van der Waals surface area contributed by atoms with Crippen molar-refractivity contribution >= 4 is 17.1 Å². The van der Waals surface area contributed by atoms with Gasteiger partial charge in [-0.3, -0.25) is 16.0 Å². The second kappa shape index (κ2) is 5.22. The minimum absolute atomic E-state index is 0.0715. The van der Waals surface area contributed by atoms with E-state index in [0.717, 1.165) is 31.5 Å². The summed E-state index contributed by atoms with van der Waals surface area (Å²) in [6.45, 7) is 3.02. The van der Waals surface area contributed by atoms with Crippen molar-refractivity contribution in [2.45, 2.75) is 32.2 Å². The standard InChI is InChI=1S/C12H18N4O2/c1-2-5-15(10-3-4-10)11-6-9(14-13)7-12(8-11)16(17)18/h6-8,10,14H,2-5,13H2,1H3. The number of hydrogen-bond acceptors (Lipinski definition) is 5. The maximum atomic E-state index is 10.9. The average Bonchev–Trinajstić information content (AvgIpc) is 3.19. The van der Waals surface area contributed by atoms with Crippen molar-refractivity contribution in [3.63, 3.8) is 0 Å². The predicted octanol–water partition coefficient (Wildman–Crippen LogP) is 2.26. The molecule has 1 aliphatic carbocycles. The zero-order chi connectivity index (χ0) is 13.1. The summed E-state index contributed by atoms with van der Waals surface area (Å²) in [7, 11) is 0. The van der Waals surface area contributed by atoms with Gasteiger partial charge in [0.05, 0.1) is 10.6 Å². The number of nitrogens with one attached hydrogen (secondary N) is 1. The van der Waals surface area contributed by atoms with Crippen molar-refractivity contribution in [2.24, 2.45) is 5.84 Å². The number of benzene rings is 1. The Morgan fingerprint density at radius 3 is 2.72 bits per heavy atom. The number of nitrogens with two attached hydrogens (primary N) is 1. The van der Waals surface area contributed by atoms with Gasteiger partial charge in [-0.2, -0.15) is 0 Å². The molecule has 0 aliphatic heterocycles. The highest BCUT2D eigenvalue weighted by Crippen LogP contribution is 2.35. The van der Waals surface area contributed by atoms with Crippen LogP contribution in [0.5, 0.6) is 0 Å². The Morgan fingerprint density at radius 1 is 1.50 bits per heavy atom. The number of nitrogens with zero attached hydrogens (tertiary/aromatic N) is 2. The van der Waals surface area contributed by atoms with Gasteiger partial charge in [0.1, 0.15) is 0 Å². The highest BCUT2D eigenvalue weighted by molar-refractivity contribution is 5.64. The minimum Gasteiger partial charge on any atom is -0.368 e. The fraction of sp³-hybridized carbons (Fsp3) is 0.500. The number of nitrogen functional groups attached to an aromatic ring is 1. The minimum atomic E-state index is -0.388. The molecule has 2 rings (SSSR count). The van der Waals surface area contributed by atoms with E-state index in [1.807, 2.05) is 6.07 Å². The number of rotatable bonds is 6. The third-order valence-corrected chi connectivity index (χ3v) is 3.06. The zero-order valence-corrected chi connectivity index (χ0v) is 10.4. The summed E-state index contributed by atoms with van der Waals surface area (Å²) in [6.07, 6.45) is 3.34. The molecule has 0 saturated heterocycles. The summed E-state index contributed by atoms with van der Waals surface area (Å²) in [5.41, 5.74) is 4.01. The molecule has 0 heterocycles. The topological polar surface area (TPSA) is 84.4 Å². The van der Waals surface area contributed by atoms with Crippen LogP contribution in [0.15, 0.2) is 18.2 Å². The van der Waals surface area contributed by atoms with Crippen molar-refractivity contribution in [1.29, 1.82) is 0 Å². The van der Waals surface area contributed by atoms with Crippen LogP contribution in [0, 0.1) is 10.1 Å². The van der Waals surface area contributed by atoms with Crippen LogP contribution in [-0.2, 0) is 0 Å². The Morgan fingerprint density at radius 2 is 2.22 bits per heavy atom. The van der Waals surface area contributed by atoms with Gasteiger partial charge in [0, 0.05) is 30.4 Å². The number of hydrazine groups is 1. The van der Waals surface area contributed by atoms with Crippen molar-refractivity contribution < 1.29 is 4.92 Å². The summed E-state index contributed by atoms with van der Waals surface area (Å²) in [6, 6.07) is 5.45. The van der Waals surface area contributed by atoms with Crippen LogP contribution >= 0.6 is 0 Å². The van der Waals surface area contributed by atoms with Crippen LogP contribution in [0.4, 0.5) is 17.1 Å². The third-order valence-electron chi connectivity index (χ3n) is 3.06. The molecule has 0 aromatic heterocycles. The molecule has 1 saturated carbocycles. The molecule has 1 fully saturated rings. The van der Waals surface area contributed by atoms with Crippen LogP contribution in [0.1, 0.15) is 26.2 Å². The molecule has 0 bridgehead atoms. The van der Waals surface area contributed by atoms with Gasteiger partial charge >= 0.3 is 0 Å². The summed E-state index contributed by atoms with van der Waals surface area (Å²) >= 11 is 0. The monoisotopic (exact) mass is 250 g/mol. The van der Waals surface area contributed by atoms with Crippen molar-refractivity contribution in [3.05, 3.63) is 28.3 Å². The molecule has 6 nitrogen and oxygen atoms in total. The lowest BCUT2D eigenvalue weighted by Crippen LogP contribution is -2.26. The van der Waals surface area contributed by atoms with E-state index in [2.05, 4.69) is 17.2 Å². The molecule has 0 radical (unpaired) electrons. The smallest absolute Gasteiger partial charge is 0.273 e. The highest BCUT2D eigenvalue weighted by Gasteiger charge is 2.29. The molecule has 0 atom stereocenters. The Bertz CT molecular complexity index is 446. The van der Waals surface area contributed by atoms with E-state index in [1.54, 1.807) is 6.07 Å². The fourth-order valence-electron chi connectivity index (χ4n) is 2.10. The normalized spacial score (nSPS) is 14.3. The molecule has 0 amide bonds. The molecule has 98 valence electrons. The van der Waals surface area contributed by atoms with Gasteiger partial charge in [0.25, 0.3) is 5.69 Å². The molecule has 1 aliphatic rings. The summed E-state index contributed by atoms with van der Waals surface area (Å²) in [4.78, 5) is 12.7. The first kappa shape index (κ1) is 12.6.